The second kappa shape index (κ2) is 8.80. The van der Waals surface area contributed by atoms with Crippen LogP contribution in [0.15, 0.2) is 60.7 Å². The third-order valence-electron chi connectivity index (χ3n) is 4.05. The van der Waals surface area contributed by atoms with Crippen molar-refractivity contribution in [1.29, 1.82) is 0 Å². The number of nitrogens with zero attached hydrogens (tertiary/aromatic N) is 2. The Morgan fingerprint density at radius 2 is 1.78 bits per heavy atom. The Kier molecular flexibility index (Phi) is 5.99. The van der Waals surface area contributed by atoms with Crippen molar-refractivity contribution in [2.45, 2.75) is 20.4 Å². The molecule has 6 nitrogen and oxygen atoms in total. The lowest BCUT2D eigenvalue weighted by Gasteiger charge is -2.11. The fraction of sp³-hybridized carbons (Fsp3) is 0.190. The van der Waals surface area contributed by atoms with E-state index in [2.05, 4.69) is 39.9 Å². The Hall–Kier alpha value is -3.41. The molecule has 3 rings (SSSR count). The molecule has 2 aromatic carbocycles. The first-order valence-electron chi connectivity index (χ1n) is 8.82. The normalized spacial score (nSPS) is 10.3. The molecule has 3 aromatic rings. The molecule has 0 aliphatic rings. The zero-order valence-corrected chi connectivity index (χ0v) is 15.4. The number of nitrogens with one attached hydrogen (secondary N) is 2. The lowest BCUT2D eigenvalue weighted by atomic mass is 10.1. The number of para-hydroxylation sites is 2. The number of aromatic nitrogens is 2. The molecule has 0 aliphatic carbocycles. The number of carbonyl (C=O) groups excluding carboxylic acids is 1. The van der Waals surface area contributed by atoms with Crippen molar-refractivity contribution in [1.82, 2.24) is 10.2 Å². The number of amides is 1. The molecule has 0 bridgehead atoms. The fourth-order valence-corrected chi connectivity index (χ4v) is 2.58. The minimum absolute atomic E-state index is 0.239. The Labute approximate surface area is 158 Å². The Morgan fingerprint density at radius 3 is 2.52 bits per heavy atom. The number of anilines is 2. The van der Waals surface area contributed by atoms with Crippen LogP contribution in [0.5, 0.6) is 5.75 Å². The molecule has 0 unspecified atom stereocenters. The molecule has 6 heteroatoms. The average Bonchev–Trinajstić information content (AvgIpc) is 2.69. The maximum absolute atomic E-state index is 12.4. The lowest BCUT2D eigenvalue weighted by Crippen LogP contribution is -2.15. The van der Waals surface area contributed by atoms with Gasteiger partial charge in [-0.15, -0.1) is 10.2 Å². The van der Waals surface area contributed by atoms with Crippen LogP contribution in [0.4, 0.5) is 11.5 Å². The maximum Gasteiger partial charge on any atom is 0.276 e. The molecule has 1 heterocycles. The highest BCUT2D eigenvalue weighted by Gasteiger charge is 2.11. The summed E-state index contributed by atoms with van der Waals surface area (Å²) in [7, 11) is 0. The van der Waals surface area contributed by atoms with Crippen molar-refractivity contribution in [2.24, 2.45) is 0 Å². The van der Waals surface area contributed by atoms with Gasteiger partial charge in [0, 0.05) is 6.54 Å². The molecule has 2 N–H and O–H groups in total. The van der Waals surface area contributed by atoms with E-state index >= 15 is 0 Å². The van der Waals surface area contributed by atoms with Gasteiger partial charge >= 0.3 is 0 Å². The molecule has 0 radical (unpaired) electrons. The van der Waals surface area contributed by atoms with Crippen LogP contribution in [-0.4, -0.2) is 22.7 Å². The molecule has 138 valence electrons. The summed E-state index contributed by atoms with van der Waals surface area (Å²) in [5, 5.41) is 14.1. The number of benzene rings is 2. The number of ether oxygens (including phenoxy) is 1. The van der Waals surface area contributed by atoms with Crippen LogP contribution < -0.4 is 15.4 Å². The van der Waals surface area contributed by atoms with Crippen molar-refractivity contribution in [3.05, 3.63) is 77.5 Å². The third-order valence-corrected chi connectivity index (χ3v) is 4.05. The molecule has 1 amide bonds. The van der Waals surface area contributed by atoms with Crippen molar-refractivity contribution in [2.75, 3.05) is 17.2 Å². The first-order chi connectivity index (χ1) is 13.2. The van der Waals surface area contributed by atoms with Crippen LogP contribution in [0, 0.1) is 6.92 Å². The van der Waals surface area contributed by atoms with Crippen molar-refractivity contribution in [3.8, 4) is 5.75 Å². The molecule has 0 saturated heterocycles. The van der Waals surface area contributed by atoms with E-state index < -0.39 is 0 Å². The highest BCUT2D eigenvalue weighted by Crippen LogP contribution is 2.24. The summed E-state index contributed by atoms with van der Waals surface area (Å²) >= 11 is 0. The van der Waals surface area contributed by atoms with Crippen LogP contribution >= 0.6 is 0 Å². The predicted octanol–water partition coefficient (Wildman–Crippen LogP) is 4.05. The van der Waals surface area contributed by atoms with Gasteiger partial charge < -0.3 is 15.4 Å². The summed E-state index contributed by atoms with van der Waals surface area (Å²) in [6.07, 6.45) is 0. The van der Waals surface area contributed by atoms with E-state index in [1.165, 1.54) is 11.1 Å². The second-order valence-electron chi connectivity index (χ2n) is 5.97. The summed E-state index contributed by atoms with van der Waals surface area (Å²) in [5.74, 6) is 0.905. The average molecular weight is 362 g/mol. The van der Waals surface area contributed by atoms with Gasteiger partial charge in [0.1, 0.15) is 11.6 Å². The summed E-state index contributed by atoms with van der Waals surface area (Å²) in [6.45, 7) is 5.13. The quantitative estimate of drug-likeness (QED) is 0.663. The van der Waals surface area contributed by atoms with E-state index in [4.69, 9.17) is 4.74 Å². The van der Waals surface area contributed by atoms with E-state index in [9.17, 15) is 4.79 Å². The lowest BCUT2D eigenvalue weighted by molar-refractivity contribution is 0.102. The zero-order chi connectivity index (χ0) is 19.1. The Morgan fingerprint density at radius 1 is 1.00 bits per heavy atom. The number of hydrogen-bond acceptors (Lipinski definition) is 5. The van der Waals surface area contributed by atoms with Crippen LogP contribution in [0.1, 0.15) is 28.5 Å². The number of carbonyl (C=O) groups is 1. The minimum atomic E-state index is -0.333. The first kappa shape index (κ1) is 18.4. The van der Waals surface area contributed by atoms with Gasteiger partial charge in [-0.25, -0.2) is 0 Å². The molecule has 27 heavy (non-hydrogen) atoms. The standard InChI is InChI=1S/C21H22N4O2/c1-3-27-19-11-7-6-10-17(19)23-21(26)18-12-13-20(25-24-18)22-14-16-9-5-4-8-15(16)2/h4-13H,3,14H2,1-2H3,(H,22,25)(H,23,26). The second-order valence-corrected chi connectivity index (χ2v) is 5.97. The van der Waals surface area contributed by atoms with Gasteiger partial charge in [-0.2, -0.15) is 0 Å². The van der Waals surface area contributed by atoms with E-state index in [0.717, 1.165) is 0 Å². The predicted molar refractivity (Wildman–Crippen MR) is 106 cm³/mol. The summed E-state index contributed by atoms with van der Waals surface area (Å²) in [4.78, 5) is 12.4. The van der Waals surface area contributed by atoms with Crippen LogP contribution in [0.3, 0.4) is 0 Å². The topological polar surface area (TPSA) is 76.1 Å². The summed E-state index contributed by atoms with van der Waals surface area (Å²) in [6, 6.07) is 18.8. The van der Waals surface area contributed by atoms with Gasteiger partial charge in [0.2, 0.25) is 0 Å². The van der Waals surface area contributed by atoms with Crippen molar-refractivity contribution in [3.63, 3.8) is 0 Å². The van der Waals surface area contributed by atoms with Crippen LogP contribution in [0.2, 0.25) is 0 Å². The highest BCUT2D eigenvalue weighted by molar-refractivity contribution is 6.03. The minimum Gasteiger partial charge on any atom is -0.492 e. The SMILES string of the molecule is CCOc1ccccc1NC(=O)c1ccc(NCc2ccccc2C)nn1. The van der Waals surface area contributed by atoms with E-state index in [1.807, 2.05) is 37.3 Å². The largest absolute Gasteiger partial charge is 0.492 e. The zero-order valence-electron chi connectivity index (χ0n) is 15.4. The number of rotatable bonds is 7. The summed E-state index contributed by atoms with van der Waals surface area (Å²) in [5.41, 5.74) is 3.24. The maximum atomic E-state index is 12.4. The molecule has 0 fully saturated rings. The van der Waals surface area contributed by atoms with E-state index in [-0.39, 0.29) is 11.6 Å². The van der Waals surface area contributed by atoms with Crippen molar-refractivity contribution < 1.29 is 9.53 Å². The van der Waals surface area contributed by atoms with E-state index in [0.29, 0.717) is 30.4 Å². The molecule has 0 atom stereocenters. The molecule has 0 spiro atoms. The van der Waals surface area contributed by atoms with Gasteiger partial charge in [0.05, 0.1) is 12.3 Å². The third kappa shape index (κ3) is 4.82. The molecule has 1 aromatic heterocycles. The smallest absolute Gasteiger partial charge is 0.276 e. The van der Waals surface area contributed by atoms with Gasteiger partial charge in [0.25, 0.3) is 5.91 Å². The Bertz CT molecular complexity index is 910. The van der Waals surface area contributed by atoms with Gasteiger partial charge in [-0.3, -0.25) is 4.79 Å². The Balaban J connectivity index is 1.63. The number of aryl methyl sites for hydroxylation is 1. The molecule has 0 saturated carbocycles. The van der Waals surface area contributed by atoms with Crippen molar-refractivity contribution >= 4 is 17.4 Å². The van der Waals surface area contributed by atoms with Gasteiger partial charge in [-0.05, 0) is 49.2 Å². The fourth-order valence-electron chi connectivity index (χ4n) is 2.58. The molecular formula is C21H22N4O2. The van der Waals surface area contributed by atoms with Gasteiger partial charge in [0.15, 0.2) is 5.69 Å². The van der Waals surface area contributed by atoms with E-state index in [1.54, 1.807) is 18.2 Å². The highest BCUT2D eigenvalue weighted by atomic mass is 16.5. The van der Waals surface area contributed by atoms with Crippen LogP contribution in [0.25, 0.3) is 0 Å². The van der Waals surface area contributed by atoms with Crippen LogP contribution in [-0.2, 0) is 6.54 Å². The monoisotopic (exact) mass is 362 g/mol. The molecule has 0 aliphatic heterocycles. The van der Waals surface area contributed by atoms with Gasteiger partial charge in [-0.1, -0.05) is 36.4 Å². The summed E-state index contributed by atoms with van der Waals surface area (Å²) < 4.78 is 5.52. The molecular weight excluding hydrogens is 340 g/mol. The first-order valence-corrected chi connectivity index (χ1v) is 8.82. The number of hydrogen-bond donors (Lipinski definition) is 2.